The van der Waals surface area contributed by atoms with E-state index in [4.69, 9.17) is 16.0 Å². The third-order valence-electron chi connectivity index (χ3n) is 7.10. The highest BCUT2D eigenvalue weighted by Crippen LogP contribution is 2.31. The van der Waals surface area contributed by atoms with E-state index in [2.05, 4.69) is 19.5 Å². The minimum Gasteiger partial charge on any atom is -0.493 e. The standard InChI is InChI=1S/C36H34N4O4S/c1-27-35(39-45(3,41)42)10-5-11-36(27)40(25-29-12-16-31(37-2)17-13-29)26-30-14-18-32(19-15-30)44-34-9-4-8-33(23-34)43-22-20-28-7-6-21-38-24-28/h4-19,21,23-24,39H,20,22,25-26H2,1,3H3. The monoisotopic (exact) mass is 618 g/mol. The molecule has 0 radical (unpaired) electrons. The van der Waals surface area contributed by atoms with Gasteiger partial charge in [0.15, 0.2) is 5.69 Å². The molecule has 0 saturated carbocycles. The first-order valence-electron chi connectivity index (χ1n) is 14.4. The van der Waals surface area contributed by atoms with Gasteiger partial charge in [0.2, 0.25) is 10.0 Å². The van der Waals surface area contributed by atoms with Crippen molar-refractivity contribution in [1.29, 1.82) is 0 Å². The zero-order chi connectivity index (χ0) is 31.6. The Kier molecular flexibility index (Phi) is 9.97. The van der Waals surface area contributed by atoms with E-state index < -0.39 is 10.0 Å². The van der Waals surface area contributed by atoms with E-state index in [1.807, 2.05) is 110 Å². The Morgan fingerprint density at radius 2 is 1.51 bits per heavy atom. The van der Waals surface area contributed by atoms with E-state index in [1.54, 1.807) is 12.3 Å². The van der Waals surface area contributed by atoms with E-state index >= 15 is 0 Å². The number of hydrogen-bond donors (Lipinski definition) is 1. The van der Waals surface area contributed by atoms with E-state index in [1.165, 1.54) is 0 Å². The average molecular weight is 619 g/mol. The number of anilines is 2. The van der Waals surface area contributed by atoms with Gasteiger partial charge in [-0.3, -0.25) is 9.71 Å². The molecule has 45 heavy (non-hydrogen) atoms. The second-order valence-electron chi connectivity index (χ2n) is 10.6. The summed E-state index contributed by atoms with van der Waals surface area (Å²) in [5, 5.41) is 0. The first kappa shape index (κ1) is 31.1. The quantitative estimate of drug-likeness (QED) is 0.135. The van der Waals surface area contributed by atoms with Gasteiger partial charge in [-0.05, 0) is 71.6 Å². The summed E-state index contributed by atoms with van der Waals surface area (Å²) in [4.78, 5) is 9.83. The van der Waals surface area contributed by atoms with Crippen LogP contribution < -0.4 is 19.1 Å². The van der Waals surface area contributed by atoms with Crippen LogP contribution in [0.2, 0.25) is 0 Å². The van der Waals surface area contributed by atoms with Gasteiger partial charge in [-0.25, -0.2) is 13.3 Å². The highest BCUT2D eigenvalue weighted by molar-refractivity contribution is 7.92. The maximum absolute atomic E-state index is 12.0. The van der Waals surface area contributed by atoms with Crippen LogP contribution in [0.1, 0.15) is 22.3 Å². The normalized spacial score (nSPS) is 11.0. The summed E-state index contributed by atoms with van der Waals surface area (Å²) in [5.74, 6) is 2.11. The molecule has 0 amide bonds. The second-order valence-corrected chi connectivity index (χ2v) is 12.4. The van der Waals surface area contributed by atoms with Crippen molar-refractivity contribution < 1.29 is 17.9 Å². The van der Waals surface area contributed by atoms with Crippen molar-refractivity contribution in [2.45, 2.75) is 26.4 Å². The number of ether oxygens (including phenoxy) is 2. The van der Waals surface area contributed by atoms with Crippen LogP contribution >= 0.6 is 0 Å². The second kappa shape index (κ2) is 14.4. The zero-order valence-electron chi connectivity index (χ0n) is 25.2. The van der Waals surface area contributed by atoms with E-state index in [0.29, 0.717) is 42.6 Å². The van der Waals surface area contributed by atoms with Crippen LogP contribution in [0.15, 0.2) is 116 Å². The fraction of sp³-hybridized carbons (Fsp3) is 0.167. The van der Waals surface area contributed by atoms with E-state index in [9.17, 15) is 8.42 Å². The van der Waals surface area contributed by atoms with Crippen LogP contribution in [0.4, 0.5) is 17.1 Å². The number of nitrogens with zero attached hydrogens (tertiary/aromatic N) is 3. The van der Waals surface area contributed by atoms with Gasteiger partial charge in [0.05, 0.1) is 25.1 Å². The maximum atomic E-state index is 12.0. The SMILES string of the molecule is [C-]#[N+]c1ccc(CN(Cc2ccc(Oc3cccc(OCCc4cccnc4)c3)cc2)c2cccc(NS(C)(=O)=O)c2C)cc1. The molecule has 0 atom stereocenters. The summed E-state index contributed by atoms with van der Waals surface area (Å²) in [6.07, 6.45) is 5.51. The van der Waals surface area contributed by atoms with Crippen LogP contribution in [0.5, 0.6) is 17.2 Å². The van der Waals surface area contributed by atoms with Crippen molar-refractivity contribution in [2.75, 3.05) is 22.5 Å². The Hall–Kier alpha value is -5.33. The number of nitrogens with one attached hydrogen (secondary N) is 1. The van der Waals surface area contributed by atoms with Gasteiger partial charge in [-0.15, -0.1) is 0 Å². The molecule has 0 aliphatic rings. The molecule has 1 heterocycles. The molecular weight excluding hydrogens is 584 g/mol. The first-order chi connectivity index (χ1) is 21.8. The molecule has 1 aromatic heterocycles. The predicted molar refractivity (Wildman–Crippen MR) is 179 cm³/mol. The Labute approximate surface area is 264 Å². The van der Waals surface area contributed by atoms with Gasteiger partial charge >= 0.3 is 0 Å². The lowest BCUT2D eigenvalue weighted by Gasteiger charge is -2.28. The van der Waals surface area contributed by atoms with Gasteiger partial charge in [0, 0.05) is 43.7 Å². The molecule has 8 nitrogen and oxygen atoms in total. The van der Waals surface area contributed by atoms with E-state index in [-0.39, 0.29) is 0 Å². The molecule has 5 rings (SSSR count). The molecule has 228 valence electrons. The fourth-order valence-electron chi connectivity index (χ4n) is 4.88. The Morgan fingerprint density at radius 3 is 2.18 bits per heavy atom. The highest BCUT2D eigenvalue weighted by atomic mass is 32.2. The topological polar surface area (TPSA) is 85.1 Å². The van der Waals surface area contributed by atoms with Gasteiger partial charge in [-0.2, -0.15) is 0 Å². The average Bonchev–Trinajstić information content (AvgIpc) is 3.03. The lowest BCUT2D eigenvalue weighted by molar-refractivity contribution is 0.320. The molecule has 4 aromatic carbocycles. The lowest BCUT2D eigenvalue weighted by atomic mass is 10.1. The highest BCUT2D eigenvalue weighted by Gasteiger charge is 2.15. The summed E-state index contributed by atoms with van der Waals surface area (Å²) in [6.45, 7) is 10.8. The number of aromatic nitrogens is 1. The Morgan fingerprint density at radius 1 is 0.822 bits per heavy atom. The minimum atomic E-state index is -3.44. The number of sulfonamides is 1. The van der Waals surface area contributed by atoms with Crippen molar-refractivity contribution in [3.63, 3.8) is 0 Å². The van der Waals surface area contributed by atoms with Crippen molar-refractivity contribution in [2.24, 2.45) is 0 Å². The van der Waals surface area contributed by atoms with Gasteiger partial charge in [-0.1, -0.05) is 54.6 Å². The molecule has 0 aliphatic heterocycles. The van der Waals surface area contributed by atoms with Crippen LogP contribution in [-0.4, -0.2) is 26.3 Å². The minimum absolute atomic E-state index is 0.537. The van der Waals surface area contributed by atoms with Crippen LogP contribution in [0.3, 0.4) is 0 Å². The zero-order valence-corrected chi connectivity index (χ0v) is 26.0. The molecule has 0 bridgehead atoms. The summed E-state index contributed by atoms with van der Waals surface area (Å²) < 4.78 is 38.7. The van der Waals surface area contributed by atoms with Gasteiger partial charge in [0.25, 0.3) is 0 Å². The third kappa shape index (κ3) is 9.08. The summed E-state index contributed by atoms with van der Waals surface area (Å²) >= 11 is 0. The molecule has 0 fully saturated rings. The van der Waals surface area contributed by atoms with Crippen LogP contribution in [-0.2, 0) is 29.5 Å². The Bertz CT molecular complexity index is 1870. The largest absolute Gasteiger partial charge is 0.493 e. The van der Waals surface area contributed by atoms with Crippen LogP contribution in [0.25, 0.3) is 4.85 Å². The predicted octanol–water partition coefficient (Wildman–Crippen LogP) is 7.93. The molecule has 5 aromatic rings. The first-order valence-corrected chi connectivity index (χ1v) is 16.3. The molecule has 0 aliphatic carbocycles. The van der Waals surface area contributed by atoms with Gasteiger partial charge < -0.3 is 14.4 Å². The molecule has 9 heteroatoms. The lowest BCUT2D eigenvalue weighted by Crippen LogP contribution is -2.23. The smallest absolute Gasteiger partial charge is 0.229 e. The van der Waals surface area contributed by atoms with Crippen molar-refractivity contribution >= 4 is 27.1 Å². The molecule has 1 N–H and O–H groups in total. The molecule has 0 spiro atoms. The third-order valence-corrected chi connectivity index (χ3v) is 7.69. The fourth-order valence-corrected chi connectivity index (χ4v) is 5.50. The number of benzene rings is 4. The van der Waals surface area contributed by atoms with Crippen molar-refractivity contribution in [1.82, 2.24) is 4.98 Å². The molecular formula is C36H34N4O4S. The van der Waals surface area contributed by atoms with Crippen molar-refractivity contribution in [3.8, 4) is 17.2 Å². The summed E-state index contributed by atoms with van der Waals surface area (Å²) in [7, 11) is -3.44. The van der Waals surface area contributed by atoms with Crippen LogP contribution in [0, 0.1) is 13.5 Å². The van der Waals surface area contributed by atoms with Crippen molar-refractivity contribution in [3.05, 3.63) is 149 Å². The summed E-state index contributed by atoms with van der Waals surface area (Å²) in [5.41, 5.74) is 6.05. The number of pyridine rings is 1. The Balaban J connectivity index is 1.30. The maximum Gasteiger partial charge on any atom is 0.229 e. The molecule has 0 unspecified atom stereocenters. The van der Waals surface area contributed by atoms with E-state index in [0.717, 1.165) is 46.4 Å². The van der Waals surface area contributed by atoms with Gasteiger partial charge in [0.1, 0.15) is 17.2 Å². The number of hydrogen-bond acceptors (Lipinski definition) is 6. The number of rotatable bonds is 13. The molecule has 0 saturated heterocycles. The summed E-state index contributed by atoms with van der Waals surface area (Å²) in [6, 6.07) is 32.5.